The highest BCUT2D eigenvalue weighted by Crippen LogP contribution is 2.22. The summed E-state index contributed by atoms with van der Waals surface area (Å²) >= 11 is 0. The first-order valence-electron chi connectivity index (χ1n) is 10.3. The van der Waals surface area contributed by atoms with Gasteiger partial charge in [0.2, 0.25) is 0 Å². The Balaban J connectivity index is 1.37. The van der Waals surface area contributed by atoms with Crippen LogP contribution in [-0.2, 0) is 6.42 Å². The topological polar surface area (TPSA) is 50.4 Å². The SMILES string of the molecule is O=C(Nc1ccc(Nc2ccccc2)cc1)c1ccccc1OCCc1ccccc1. The number of hydrogen-bond acceptors (Lipinski definition) is 3. The molecule has 0 spiro atoms. The largest absolute Gasteiger partial charge is 0.492 e. The summed E-state index contributed by atoms with van der Waals surface area (Å²) in [5.74, 6) is 0.386. The normalized spacial score (nSPS) is 10.3. The van der Waals surface area contributed by atoms with Crippen molar-refractivity contribution in [1.82, 2.24) is 0 Å². The summed E-state index contributed by atoms with van der Waals surface area (Å²) in [4.78, 5) is 12.8. The Morgan fingerprint density at radius 1 is 0.645 bits per heavy atom. The zero-order chi connectivity index (χ0) is 21.3. The number of rotatable bonds is 8. The third kappa shape index (κ3) is 5.73. The second kappa shape index (κ2) is 10.1. The van der Waals surface area contributed by atoms with Crippen molar-refractivity contribution in [3.63, 3.8) is 0 Å². The van der Waals surface area contributed by atoms with Crippen LogP contribution >= 0.6 is 0 Å². The molecular formula is C27H24N2O2. The lowest BCUT2D eigenvalue weighted by molar-refractivity contribution is 0.102. The Labute approximate surface area is 182 Å². The van der Waals surface area contributed by atoms with Crippen LogP contribution in [0.3, 0.4) is 0 Å². The summed E-state index contributed by atoms with van der Waals surface area (Å²) in [5, 5.41) is 6.28. The number of para-hydroxylation sites is 2. The van der Waals surface area contributed by atoms with Gasteiger partial charge >= 0.3 is 0 Å². The van der Waals surface area contributed by atoms with Crippen LogP contribution in [-0.4, -0.2) is 12.5 Å². The highest BCUT2D eigenvalue weighted by molar-refractivity contribution is 6.06. The van der Waals surface area contributed by atoms with Gasteiger partial charge in [0.05, 0.1) is 12.2 Å². The number of hydrogen-bond donors (Lipinski definition) is 2. The number of amides is 1. The average molecular weight is 409 g/mol. The molecule has 0 aliphatic heterocycles. The summed E-state index contributed by atoms with van der Waals surface area (Å²) in [6.07, 6.45) is 0.784. The molecule has 154 valence electrons. The van der Waals surface area contributed by atoms with Crippen LogP contribution in [0.15, 0.2) is 109 Å². The van der Waals surface area contributed by atoms with E-state index in [4.69, 9.17) is 4.74 Å². The third-order valence-corrected chi connectivity index (χ3v) is 4.83. The highest BCUT2D eigenvalue weighted by Gasteiger charge is 2.12. The molecule has 4 nitrogen and oxygen atoms in total. The number of ether oxygens (including phenoxy) is 1. The monoisotopic (exact) mass is 408 g/mol. The van der Waals surface area contributed by atoms with Gasteiger partial charge in [0, 0.05) is 23.5 Å². The zero-order valence-corrected chi connectivity index (χ0v) is 17.1. The molecule has 31 heavy (non-hydrogen) atoms. The molecule has 0 aliphatic rings. The second-order valence-corrected chi connectivity index (χ2v) is 7.10. The molecule has 1 amide bonds. The van der Waals surface area contributed by atoms with E-state index >= 15 is 0 Å². The van der Waals surface area contributed by atoms with Crippen molar-refractivity contribution in [2.24, 2.45) is 0 Å². The first-order valence-corrected chi connectivity index (χ1v) is 10.3. The van der Waals surface area contributed by atoms with E-state index in [-0.39, 0.29) is 5.91 Å². The van der Waals surface area contributed by atoms with E-state index in [1.807, 2.05) is 91.0 Å². The van der Waals surface area contributed by atoms with Gasteiger partial charge in [-0.3, -0.25) is 4.79 Å². The smallest absolute Gasteiger partial charge is 0.259 e. The summed E-state index contributed by atoms with van der Waals surface area (Å²) in [6, 6.07) is 35.0. The fourth-order valence-electron chi connectivity index (χ4n) is 3.23. The van der Waals surface area contributed by atoms with Gasteiger partial charge in [0.25, 0.3) is 5.91 Å². The number of anilines is 3. The quantitative estimate of drug-likeness (QED) is 0.359. The van der Waals surface area contributed by atoms with Crippen LogP contribution in [0, 0.1) is 0 Å². The van der Waals surface area contributed by atoms with Gasteiger partial charge in [-0.05, 0) is 54.1 Å². The molecule has 0 aliphatic carbocycles. The van der Waals surface area contributed by atoms with E-state index in [9.17, 15) is 4.79 Å². The minimum absolute atomic E-state index is 0.195. The predicted octanol–water partition coefficient (Wildman–Crippen LogP) is 6.30. The van der Waals surface area contributed by atoms with Gasteiger partial charge in [0.1, 0.15) is 5.75 Å². The lowest BCUT2D eigenvalue weighted by Crippen LogP contribution is -2.14. The van der Waals surface area contributed by atoms with E-state index in [0.29, 0.717) is 17.9 Å². The van der Waals surface area contributed by atoms with E-state index < -0.39 is 0 Å². The average Bonchev–Trinajstić information content (AvgIpc) is 2.82. The molecule has 0 radical (unpaired) electrons. The molecule has 0 fully saturated rings. The standard InChI is InChI=1S/C27H24N2O2/c30-27(29-24-17-15-23(16-18-24)28-22-11-5-2-6-12-22)25-13-7-8-14-26(25)31-20-19-21-9-3-1-4-10-21/h1-18,28H,19-20H2,(H,29,30). The first-order chi connectivity index (χ1) is 15.3. The second-order valence-electron chi connectivity index (χ2n) is 7.10. The lowest BCUT2D eigenvalue weighted by atomic mass is 10.1. The molecule has 2 N–H and O–H groups in total. The lowest BCUT2D eigenvalue weighted by Gasteiger charge is -2.12. The van der Waals surface area contributed by atoms with Crippen LogP contribution in [0.5, 0.6) is 5.75 Å². The van der Waals surface area contributed by atoms with Gasteiger partial charge in [-0.2, -0.15) is 0 Å². The Kier molecular flexibility index (Phi) is 6.61. The Bertz CT molecular complexity index is 1110. The van der Waals surface area contributed by atoms with Crippen molar-refractivity contribution in [3.05, 3.63) is 120 Å². The molecule has 0 atom stereocenters. The van der Waals surface area contributed by atoms with E-state index in [1.165, 1.54) is 5.56 Å². The molecule has 4 rings (SSSR count). The maximum atomic E-state index is 12.8. The number of nitrogens with one attached hydrogen (secondary N) is 2. The van der Waals surface area contributed by atoms with E-state index in [0.717, 1.165) is 23.5 Å². The van der Waals surface area contributed by atoms with E-state index in [1.54, 1.807) is 6.07 Å². The molecule has 4 heteroatoms. The first kappa shape index (κ1) is 20.2. The maximum Gasteiger partial charge on any atom is 0.259 e. The minimum Gasteiger partial charge on any atom is -0.492 e. The molecule has 0 bridgehead atoms. The Morgan fingerprint density at radius 2 is 1.23 bits per heavy atom. The van der Waals surface area contributed by atoms with Gasteiger partial charge in [-0.1, -0.05) is 60.7 Å². The summed E-state index contributed by atoms with van der Waals surface area (Å²) in [5.41, 5.74) is 4.41. The van der Waals surface area contributed by atoms with Crippen molar-refractivity contribution in [2.75, 3.05) is 17.2 Å². The summed E-state index contributed by atoms with van der Waals surface area (Å²) < 4.78 is 5.91. The minimum atomic E-state index is -0.195. The van der Waals surface area contributed by atoms with E-state index in [2.05, 4.69) is 22.8 Å². The fraction of sp³-hybridized carbons (Fsp3) is 0.0741. The van der Waals surface area contributed by atoms with Crippen LogP contribution in [0.1, 0.15) is 15.9 Å². The number of benzene rings is 4. The maximum absolute atomic E-state index is 12.8. The van der Waals surface area contributed by atoms with Crippen molar-refractivity contribution in [2.45, 2.75) is 6.42 Å². The molecule has 4 aromatic rings. The summed E-state index contributed by atoms with van der Waals surface area (Å²) in [6.45, 7) is 0.508. The highest BCUT2D eigenvalue weighted by atomic mass is 16.5. The summed E-state index contributed by atoms with van der Waals surface area (Å²) in [7, 11) is 0. The third-order valence-electron chi connectivity index (χ3n) is 4.83. The fourth-order valence-corrected chi connectivity index (χ4v) is 3.23. The Morgan fingerprint density at radius 3 is 1.97 bits per heavy atom. The van der Waals surface area contributed by atoms with Gasteiger partial charge in [-0.25, -0.2) is 0 Å². The van der Waals surface area contributed by atoms with Gasteiger partial charge in [-0.15, -0.1) is 0 Å². The van der Waals surface area contributed by atoms with Gasteiger partial charge < -0.3 is 15.4 Å². The Hall–Kier alpha value is -4.05. The number of carbonyl (C=O) groups excluding carboxylic acids is 1. The van der Waals surface area contributed by atoms with Gasteiger partial charge in [0.15, 0.2) is 0 Å². The molecule has 0 heterocycles. The molecule has 0 saturated heterocycles. The molecule has 0 unspecified atom stereocenters. The molecule has 0 aromatic heterocycles. The molecule has 0 saturated carbocycles. The van der Waals surface area contributed by atoms with Crippen molar-refractivity contribution in [1.29, 1.82) is 0 Å². The molecular weight excluding hydrogens is 384 g/mol. The van der Waals surface area contributed by atoms with Crippen LogP contribution in [0.25, 0.3) is 0 Å². The zero-order valence-electron chi connectivity index (χ0n) is 17.1. The van der Waals surface area contributed by atoms with Crippen molar-refractivity contribution in [3.8, 4) is 5.75 Å². The predicted molar refractivity (Wildman–Crippen MR) is 126 cm³/mol. The molecule has 4 aromatic carbocycles. The van der Waals surface area contributed by atoms with Crippen LogP contribution in [0.2, 0.25) is 0 Å². The van der Waals surface area contributed by atoms with Crippen LogP contribution < -0.4 is 15.4 Å². The van der Waals surface area contributed by atoms with Crippen molar-refractivity contribution < 1.29 is 9.53 Å². The van der Waals surface area contributed by atoms with Crippen LogP contribution in [0.4, 0.5) is 17.1 Å². The number of carbonyl (C=O) groups is 1. The van der Waals surface area contributed by atoms with Crippen molar-refractivity contribution >= 4 is 23.0 Å².